The first-order valence-corrected chi connectivity index (χ1v) is 10.3. The Morgan fingerprint density at radius 3 is 2.57 bits per heavy atom. The quantitative estimate of drug-likeness (QED) is 0.246. The van der Waals surface area contributed by atoms with E-state index in [1.165, 1.54) is 5.56 Å². The Hall–Kier alpha value is -1.87. The van der Waals surface area contributed by atoms with Gasteiger partial charge >= 0.3 is 0 Å². The molecule has 0 fully saturated rings. The molecule has 6 nitrogen and oxygen atoms in total. The standard InChI is InChI=1S/C23H34N4O2.HI/c1-5-25-23(27-16-21(28)19-8-11-24-12-9-19)26-15-20-7-6-18(4)14-22(20)29-13-10-17(2)3;/h6-9,11-12,14,17,21,28H,5,10,13,15-16H2,1-4H3,(H2,25,26,27);1H. The monoisotopic (exact) mass is 526 g/mol. The molecule has 3 N–H and O–H groups in total. The van der Waals surface area contributed by atoms with Crippen molar-refractivity contribution in [3.8, 4) is 5.75 Å². The third kappa shape index (κ3) is 9.30. The van der Waals surface area contributed by atoms with Crippen molar-refractivity contribution in [1.82, 2.24) is 15.6 Å². The lowest BCUT2D eigenvalue weighted by atomic mass is 10.1. The largest absolute Gasteiger partial charge is 0.493 e. The van der Waals surface area contributed by atoms with E-state index in [-0.39, 0.29) is 24.0 Å². The van der Waals surface area contributed by atoms with Crippen LogP contribution in [0.2, 0.25) is 0 Å². The fourth-order valence-corrected chi connectivity index (χ4v) is 2.73. The fraction of sp³-hybridized carbons (Fsp3) is 0.478. The van der Waals surface area contributed by atoms with Gasteiger partial charge in [0.1, 0.15) is 5.75 Å². The van der Waals surface area contributed by atoms with Gasteiger partial charge in [0.25, 0.3) is 0 Å². The number of nitrogens with one attached hydrogen (secondary N) is 2. The number of rotatable bonds is 10. The van der Waals surface area contributed by atoms with Crippen molar-refractivity contribution >= 4 is 29.9 Å². The number of aliphatic hydroxyl groups excluding tert-OH is 1. The number of pyridine rings is 1. The predicted molar refractivity (Wildman–Crippen MR) is 134 cm³/mol. The van der Waals surface area contributed by atoms with Crippen LogP contribution in [0.15, 0.2) is 47.7 Å². The van der Waals surface area contributed by atoms with Gasteiger partial charge in [0.2, 0.25) is 0 Å². The van der Waals surface area contributed by atoms with Crippen molar-refractivity contribution in [1.29, 1.82) is 0 Å². The number of halogens is 1. The molecule has 0 radical (unpaired) electrons. The highest BCUT2D eigenvalue weighted by molar-refractivity contribution is 14.0. The first-order valence-electron chi connectivity index (χ1n) is 10.3. The molecule has 2 rings (SSSR count). The summed E-state index contributed by atoms with van der Waals surface area (Å²) in [5.41, 5.74) is 3.04. The summed E-state index contributed by atoms with van der Waals surface area (Å²) in [6, 6.07) is 9.83. The number of guanidine groups is 1. The minimum Gasteiger partial charge on any atom is -0.493 e. The molecule has 1 unspecified atom stereocenters. The Morgan fingerprint density at radius 2 is 1.90 bits per heavy atom. The smallest absolute Gasteiger partial charge is 0.191 e. The van der Waals surface area contributed by atoms with Crippen LogP contribution in [0.25, 0.3) is 0 Å². The molecule has 166 valence electrons. The van der Waals surface area contributed by atoms with E-state index in [0.29, 0.717) is 31.6 Å². The van der Waals surface area contributed by atoms with Crippen LogP contribution in [0.4, 0.5) is 0 Å². The van der Waals surface area contributed by atoms with Gasteiger partial charge in [0, 0.05) is 31.0 Å². The van der Waals surface area contributed by atoms with Crippen molar-refractivity contribution < 1.29 is 9.84 Å². The summed E-state index contributed by atoms with van der Waals surface area (Å²) in [6.07, 6.45) is 3.75. The molecule has 1 aromatic heterocycles. The van der Waals surface area contributed by atoms with Gasteiger partial charge in [-0.3, -0.25) is 4.98 Å². The topological polar surface area (TPSA) is 78.8 Å². The maximum absolute atomic E-state index is 10.3. The second kappa shape index (κ2) is 14.2. The van der Waals surface area contributed by atoms with Gasteiger partial charge in [-0.2, -0.15) is 0 Å². The van der Waals surface area contributed by atoms with Crippen LogP contribution < -0.4 is 15.4 Å². The van der Waals surface area contributed by atoms with Crippen LogP contribution in [0, 0.1) is 12.8 Å². The van der Waals surface area contributed by atoms with Crippen LogP contribution in [0.3, 0.4) is 0 Å². The van der Waals surface area contributed by atoms with Gasteiger partial charge in [0.15, 0.2) is 5.96 Å². The molecule has 1 atom stereocenters. The van der Waals surface area contributed by atoms with E-state index in [0.717, 1.165) is 29.8 Å². The van der Waals surface area contributed by atoms with Crippen LogP contribution in [0.1, 0.15) is 50.0 Å². The Labute approximate surface area is 197 Å². The van der Waals surface area contributed by atoms with E-state index >= 15 is 0 Å². The number of aryl methyl sites for hydroxylation is 1. The van der Waals surface area contributed by atoms with Gasteiger partial charge < -0.3 is 20.5 Å². The van der Waals surface area contributed by atoms with Crippen molar-refractivity contribution in [3.05, 3.63) is 59.4 Å². The van der Waals surface area contributed by atoms with Gasteiger partial charge in [-0.25, -0.2) is 4.99 Å². The normalized spacial score (nSPS) is 12.3. The summed E-state index contributed by atoms with van der Waals surface area (Å²) < 4.78 is 6.02. The van der Waals surface area contributed by atoms with E-state index in [1.807, 2.05) is 19.1 Å². The molecule has 0 bridgehead atoms. The summed E-state index contributed by atoms with van der Waals surface area (Å²) in [4.78, 5) is 8.65. The summed E-state index contributed by atoms with van der Waals surface area (Å²) in [5.74, 6) is 2.16. The fourth-order valence-electron chi connectivity index (χ4n) is 2.73. The average Bonchev–Trinajstić information content (AvgIpc) is 2.71. The van der Waals surface area contributed by atoms with Crippen LogP contribution >= 0.6 is 24.0 Å². The summed E-state index contributed by atoms with van der Waals surface area (Å²) in [6.45, 7) is 10.8. The second-order valence-corrected chi connectivity index (χ2v) is 7.51. The predicted octanol–water partition coefficient (Wildman–Crippen LogP) is 4.22. The lowest BCUT2D eigenvalue weighted by Crippen LogP contribution is -2.39. The Balaban J connectivity index is 0.00000450. The first-order chi connectivity index (χ1) is 14.0. The zero-order valence-corrected chi connectivity index (χ0v) is 20.7. The molecule has 0 aliphatic heterocycles. The number of hydrogen-bond donors (Lipinski definition) is 3. The van der Waals surface area contributed by atoms with Crippen LogP contribution in [-0.2, 0) is 6.54 Å². The SMILES string of the molecule is CCNC(=NCc1ccc(C)cc1OCCC(C)C)NCC(O)c1ccncc1.I. The molecule has 1 aromatic carbocycles. The second-order valence-electron chi connectivity index (χ2n) is 7.51. The number of aliphatic hydroxyl groups is 1. The van der Waals surface area contributed by atoms with Gasteiger partial charge in [-0.15, -0.1) is 24.0 Å². The Morgan fingerprint density at radius 1 is 1.17 bits per heavy atom. The molecule has 0 aliphatic rings. The molecule has 0 saturated carbocycles. The number of ether oxygens (including phenoxy) is 1. The molecule has 0 aliphatic carbocycles. The van der Waals surface area contributed by atoms with E-state index in [9.17, 15) is 5.11 Å². The van der Waals surface area contributed by atoms with Crippen LogP contribution in [-0.4, -0.2) is 35.7 Å². The van der Waals surface area contributed by atoms with Crippen molar-refractivity contribution in [2.24, 2.45) is 10.9 Å². The number of benzene rings is 1. The molecule has 0 saturated heterocycles. The van der Waals surface area contributed by atoms with E-state index in [1.54, 1.807) is 12.4 Å². The van der Waals surface area contributed by atoms with Crippen molar-refractivity contribution in [3.63, 3.8) is 0 Å². The van der Waals surface area contributed by atoms with E-state index in [2.05, 4.69) is 59.6 Å². The highest BCUT2D eigenvalue weighted by Crippen LogP contribution is 2.22. The average molecular weight is 526 g/mol. The third-order valence-corrected chi connectivity index (χ3v) is 4.48. The molecular weight excluding hydrogens is 491 g/mol. The van der Waals surface area contributed by atoms with Gasteiger partial charge in [-0.05, 0) is 55.5 Å². The summed E-state index contributed by atoms with van der Waals surface area (Å²) >= 11 is 0. The lowest BCUT2D eigenvalue weighted by Gasteiger charge is -2.16. The first kappa shape index (κ1) is 26.2. The van der Waals surface area contributed by atoms with Crippen molar-refractivity contribution in [2.45, 2.75) is 46.8 Å². The molecule has 30 heavy (non-hydrogen) atoms. The molecule has 7 heteroatoms. The summed E-state index contributed by atoms with van der Waals surface area (Å²) in [7, 11) is 0. The zero-order valence-electron chi connectivity index (χ0n) is 18.4. The maximum atomic E-state index is 10.3. The molecule has 0 spiro atoms. The number of hydrogen-bond acceptors (Lipinski definition) is 4. The van der Waals surface area contributed by atoms with Gasteiger partial charge in [-0.1, -0.05) is 26.0 Å². The Bertz CT molecular complexity index is 769. The van der Waals surface area contributed by atoms with Gasteiger partial charge in [0.05, 0.1) is 19.3 Å². The van der Waals surface area contributed by atoms with Crippen molar-refractivity contribution in [2.75, 3.05) is 19.7 Å². The maximum Gasteiger partial charge on any atom is 0.191 e. The van der Waals surface area contributed by atoms with Crippen LogP contribution in [0.5, 0.6) is 5.75 Å². The highest BCUT2D eigenvalue weighted by atomic mass is 127. The molecule has 2 aromatic rings. The minimum absolute atomic E-state index is 0. The lowest BCUT2D eigenvalue weighted by molar-refractivity contribution is 0.180. The van der Waals surface area contributed by atoms with E-state index < -0.39 is 6.10 Å². The molecule has 1 heterocycles. The minimum atomic E-state index is -0.629. The Kier molecular flexibility index (Phi) is 12.4. The molecular formula is C23H35IN4O2. The number of aliphatic imine (C=N–C) groups is 1. The highest BCUT2D eigenvalue weighted by Gasteiger charge is 2.09. The summed E-state index contributed by atoms with van der Waals surface area (Å²) in [5, 5.41) is 16.8. The number of nitrogens with zero attached hydrogens (tertiary/aromatic N) is 2. The zero-order chi connectivity index (χ0) is 21.1. The van der Waals surface area contributed by atoms with E-state index in [4.69, 9.17) is 4.74 Å². The molecule has 0 amide bonds. The third-order valence-electron chi connectivity index (χ3n) is 4.48. The number of aromatic nitrogens is 1.